The lowest BCUT2D eigenvalue weighted by atomic mass is 9.99. The quantitative estimate of drug-likeness (QED) is 0.573. The van der Waals surface area contributed by atoms with Gasteiger partial charge in [0.15, 0.2) is 0 Å². The van der Waals surface area contributed by atoms with E-state index in [9.17, 15) is 9.90 Å². The van der Waals surface area contributed by atoms with Crippen LogP contribution in [0.25, 0.3) is 0 Å². The molecule has 58 valence electrons. The second-order valence-corrected chi connectivity index (χ2v) is 2.56. The highest BCUT2D eigenvalue weighted by Gasteiger charge is 2.21. The van der Waals surface area contributed by atoms with Gasteiger partial charge in [0.2, 0.25) is 0 Å². The first kappa shape index (κ1) is 9.17. The van der Waals surface area contributed by atoms with Crippen molar-refractivity contribution in [2.24, 2.45) is 0 Å². The molecule has 10 heavy (non-hydrogen) atoms. The van der Waals surface area contributed by atoms with E-state index in [0.717, 1.165) is 0 Å². The van der Waals surface area contributed by atoms with Crippen molar-refractivity contribution in [1.29, 1.82) is 0 Å². The van der Waals surface area contributed by atoms with Crippen LogP contribution in [0.1, 0.15) is 19.8 Å². The molecule has 0 radical (unpaired) electrons. The predicted molar refractivity (Wildman–Crippen MR) is 37.7 cm³/mol. The number of carboxylic acid groups (broad SMARTS) is 1. The molecule has 0 spiro atoms. The van der Waals surface area contributed by atoms with E-state index in [4.69, 9.17) is 5.11 Å². The van der Waals surface area contributed by atoms with Gasteiger partial charge in [-0.1, -0.05) is 6.08 Å². The van der Waals surface area contributed by atoms with Gasteiger partial charge in [-0.25, -0.2) is 0 Å². The van der Waals surface area contributed by atoms with Crippen LogP contribution in [-0.2, 0) is 4.79 Å². The first-order valence-corrected chi connectivity index (χ1v) is 3.03. The first-order chi connectivity index (χ1) is 4.48. The molecule has 1 atom stereocenters. The minimum atomic E-state index is -1.15. The number of rotatable bonds is 4. The molecule has 3 heteroatoms. The van der Waals surface area contributed by atoms with Crippen LogP contribution in [0.15, 0.2) is 12.7 Å². The SMILES string of the molecule is C=CC[C@@](C)(O)CC(=O)O. The molecule has 0 aliphatic rings. The van der Waals surface area contributed by atoms with Gasteiger partial charge in [0.05, 0.1) is 12.0 Å². The number of hydrogen-bond acceptors (Lipinski definition) is 2. The molecule has 0 amide bonds. The van der Waals surface area contributed by atoms with Gasteiger partial charge in [-0.2, -0.15) is 0 Å². The third-order valence-corrected chi connectivity index (χ3v) is 1.12. The van der Waals surface area contributed by atoms with E-state index in [1.165, 1.54) is 13.0 Å². The van der Waals surface area contributed by atoms with Crippen LogP contribution in [0.5, 0.6) is 0 Å². The lowest BCUT2D eigenvalue weighted by Gasteiger charge is -2.17. The Balaban J connectivity index is 3.85. The second kappa shape index (κ2) is 3.37. The molecule has 0 aromatic carbocycles. The zero-order chi connectivity index (χ0) is 8.20. The molecule has 2 N–H and O–H groups in total. The molecule has 0 aromatic heterocycles. The predicted octanol–water partition coefficient (Wildman–Crippen LogP) is 0.788. The Hall–Kier alpha value is -0.830. The fourth-order valence-electron chi connectivity index (χ4n) is 0.709. The zero-order valence-electron chi connectivity index (χ0n) is 6.00. The van der Waals surface area contributed by atoms with E-state index in [1.807, 2.05) is 0 Å². The summed E-state index contributed by atoms with van der Waals surface area (Å²) in [7, 11) is 0. The van der Waals surface area contributed by atoms with Crippen molar-refractivity contribution in [3.8, 4) is 0 Å². The van der Waals surface area contributed by atoms with Gasteiger partial charge in [-0.15, -0.1) is 6.58 Å². The normalized spacial score (nSPS) is 15.8. The Kier molecular flexibility index (Phi) is 3.09. The van der Waals surface area contributed by atoms with E-state index >= 15 is 0 Å². The van der Waals surface area contributed by atoms with E-state index in [1.54, 1.807) is 0 Å². The molecule has 0 saturated heterocycles. The summed E-state index contributed by atoms with van der Waals surface area (Å²) in [4.78, 5) is 10.1. The number of carbonyl (C=O) groups is 1. The summed E-state index contributed by atoms with van der Waals surface area (Å²) in [6.07, 6.45) is 1.57. The first-order valence-electron chi connectivity index (χ1n) is 3.03. The van der Waals surface area contributed by atoms with Gasteiger partial charge in [0, 0.05) is 0 Å². The maximum absolute atomic E-state index is 10.1. The van der Waals surface area contributed by atoms with Crippen molar-refractivity contribution in [3.05, 3.63) is 12.7 Å². The molecule has 0 aromatic rings. The molecule has 0 aliphatic carbocycles. The summed E-state index contributed by atoms with van der Waals surface area (Å²) < 4.78 is 0. The summed E-state index contributed by atoms with van der Waals surface area (Å²) in [6, 6.07) is 0. The maximum atomic E-state index is 10.1. The van der Waals surface area contributed by atoms with Crippen LogP contribution in [0.3, 0.4) is 0 Å². The highest BCUT2D eigenvalue weighted by atomic mass is 16.4. The van der Waals surface area contributed by atoms with Gasteiger partial charge in [0.1, 0.15) is 0 Å². The Labute approximate surface area is 60.0 Å². The fraction of sp³-hybridized carbons (Fsp3) is 0.571. The van der Waals surface area contributed by atoms with Crippen LogP contribution in [0.4, 0.5) is 0 Å². The summed E-state index contributed by atoms with van der Waals surface area (Å²) in [5.41, 5.74) is -1.15. The van der Waals surface area contributed by atoms with Crippen LogP contribution in [0.2, 0.25) is 0 Å². The average Bonchev–Trinajstić information content (AvgIpc) is 1.59. The molecule has 0 heterocycles. The van der Waals surface area contributed by atoms with Crippen molar-refractivity contribution in [2.45, 2.75) is 25.4 Å². The van der Waals surface area contributed by atoms with Crippen LogP contribution >= 0.6 is 0 Å². The minimum Gasteiger partial charge on any atom is -0.481 e. The minimum absolute atomic E-state index is 0.237. The number of aliphatic carboxylic acids is 1. The largest absolute Gasteiger partial charge is 0.481 e. The topological polar surface area (TPSA) is 57.5 Å². The molecular weight excluding hydrogens is 132 g/mol. The Morgan fingerprint density at radius 1 is 1.80 bits per heavy atom. The van der Waals surface area contributed by atoms with E-state index < -0.39 is 11.6 Å². The van der Waals surface area contributed by atoms with Gasteiger partial charge in [0.25, 0.3) is 0 Å². The number of aliphatic hydroxyl groups is 1. The highest BCUT2D eigenvalue weighted by molar-refractivity contribution is 5.68. The molecule has 3 nitrogen and oxygen atoms in total. The van der Waals surface area contributed by atoms with Crippen molar-refractivity contribution >= 4 is 5.97 Å². The molecule has 0 fully saturated rings. The van der Waals surface area contributed by atoms with Crippen LogP contribution in [0, 0.1) is 0 Å². The fourth-order valence-corrected chi connectivity index (χ4v) is 0.709. The standard InChI is InChI=1S/C7H12O3/c1-3-4-7(2,10)5-6(8)9/h3,10H,1,4-5H2,2H3,(H,8,9)/t7-/m1/s1. The van der Waals surface area contributed by atoms with Crippen molar-refractivity contribution in [1.82, 2.24) is 0 Å². The van der Waals surface area contributed by atoms with Crippen LogP contribution < -0.4 is 0 Å². The molecule has 0 rings (SSSR count). The van der Waals surface area contributed by atoms with Gasteiger partial charge in [-0.05, 0) is 13.3 Å². The van der Waals surface area contributed by atoms with E-state index in [2.05, 4.69) is 6.58 Å². The number of hydrogen-bond donors (Lipinski definition) is 2. The molecule has 0 unspecified atom stereocenters. The molecule has 0 aliphatic heterocycles. The summed E-state index contributed by atoms with van der Waals surface area (Å²) >= 11 is 0. The van der Waals surface area contributed by atoms with Crippen molar-refractivity contribution in [3.63, 3.8) is 0 Å². The second-order valence-electron chi connectivity index (χ2n) is 2.56. The van der Waals surface area contributed by atoms with Gasteiger partial charge >= 0.3 is 5.97 Å². The van der Waals surface area contributed by atoms with Gasteiger partial charge < -0.3 is 10.2 Å². The molecule has 0 bridgehead atoms. The molecule has 0 saturated carbocycles. The van der Waals surface area contributed by atoms with E-state index in [0.29, 0.717) is 6.42 Å². The highest BCUT2D eigenvalue weighted by Crippen LogP contribution is 2.13. The zero-order valence-corrected chi connectivity index (χ0v) is 6.00. The summed E-state index contributed by atoms with van der Waals surface area (Å²) in [5.74, 6) is -0.994. The molecular formula is C7H12O3. The van der Waals surface area contributed by atoms with E-state index in [-0.39, 0.29) is 6.42 Å². The average molecular weight is 144 g/mol. The Morgan fingerprint density at radius 2 is 2.30 bits per heavy atom. The van der Waals surface area contributed by atoms with Crippen molar-refractivity contribution < 1.29 is 15.0 Å². The lowest BCUT2D eigenvalue weighted by molar-refractivity contribution is -0.141. The summed E-state index contributed by atoms with van der Waals surface area (Å²) in [6.45, 7) is 4.88. The maximum Gasteiger partial charge on any atom is 0.306 e. The smallest absolute Gasteiger partial charge is 0.306 e. The van der Waals surface area contributed by atoms with Crippen LogP contribution in [-0.4, -0.2) is 21.8 Å². The summed E-state index contributed by atoms with van der Waals surface area (Å²) in [5, 5.41) is 17.5. The van der Waals surface area contributed by atoms with Gasteiger partial charge in [-0.3, -0.25) is 4.79 Å². The Morgan fingerprint density at radius 3 is 2.60 bits per heavy atom. The third-order valence-electron chi connectivity index (χ3n) is 1.12. The monoisotopic (exact) mass is 144 g/mol. The van der Waals surface area contributed by atoms with Crippen molar-refractivity contribution in [2.75, 3.05) is 0 Å². The Bertz CT molecular complexity index is 138. The third kappa shape index (κ3) is 4.09. The number of carboxylic acids is 1. The lowest BCUT2D eigenvalue weighted by Crippen LogP contribution is -2.26.